The lowest BCUT2D eigenvalue weighted by Gasteiger charge is -2.33. The van der Waals surface area contributed by atoms with Crippen molar-refractivity contribution in [3.05, 3.63) is 11.8 Å². The number of carbonyl (C=O) groups excluding carboxylic acids is 1. The van der Waals surface area contributed by atoms with E-state index in [1.807, 2.05) is 31.5 Å². The average molecular weight is 322 g/mol. The zero-order valence-corrected chi connectivity index (χ0v) is 15.2. The van der Waals surface area contributed by atoms with Crippen LogP contribution in [0.4, 0.5) is 5.82 Å². The van der Waals surface area contributed by atoms with E-state index in [0.717, 1.165) is 30.9 Å². The number of carbonyl (C=O) groups is 1. The summed E-state index contributed by atoms with van der Waals surface area (Å²) in [7, 11) is 0. The molecule has 0 bridgehead atoms. The Kier molecular flexibility index (Phi) is 4.87. The summed E-state index contributed by atoms with van der Waals surface area (Å²) in [6, 6.07) is 1.92. The minimum atomic E-state index is -0.791. The first-order chi connectivity index (χ1) is 10.5. The highest BCUT2D eigenvalue weighted by atomic mass is 16.3. The molecule has 1 atom stereocenters. The molecule has 0 aromatic carbocycles. The highest BCUT2D eigenvalue weighted by Gasteiger charge is 2.36. The van der Waals surface area contributed by atoms with Gasteiger partial charge in [-0.2, -0.15) is 5.10 Å². The van der Waals surface area contributed by atoms with Crippen molar-refractivity contribution in [2.24, 2.45) is 0 Å². The van der Waals surface area contributed by atoms with E-state index in [0.29, 0.717) is 6.54 Å². The molecule has 2 heterocycles. The molecule has 1 aliphatic rings. The van der Waals surface area contributed by atoms with E-state index in [9.17, 15) is 9.90 Å². The number of nitrogens with zero attached hydrogens (tertiary/aromatic N) is 3. The molecule has 2 N–H and O–H groups in total. The third kappa shape index (κ3) is 4.32. The molecule has 1 fully saturated rings. The summed E-state index contributed by atoms with van der Waals surface area (Å²) in [5.74, 6) is 0.658. The number of amides is 1. The fourth-order valence-electron chi connectivity index (χ4n) is 3.28. The Labute approximate surface area is 138 Å². The first-order valence-electron chi connectivity index (χ1n) is 8.32. The van der Waals surface area contributed by atoms with Crippen molar-refractivity contribution in [3.8, 4) is 0 Å². The summed E-state index contributed by atoms with van der Waals surface area (Å²) in [6.07, 6.45) is 1.94. The summed E-state index contributed by atoms with van der Waals surface area (Å²) in [5.41, 5.74) is -0.105. The van der Waals surface area contributed by atoms with Gasteiger partial charge in [-0.25, -0.2) is 4.68 Å². The van der Waals surface area contributed by atoms with Crippen LogP contribution in [0.3, 0.4) is 0 Å². The van der Waals surface area contributed by atoms with Crippen molar-refractivity contribution in [2.75, 3.05) is 18.4 Å². The predicted octanol–water partition coefficient (Wildman–Crippen LogP) is 2.12. The maximum Gasteiger partial charge on any atom is 0.239 e. The van der Waals surface area contributed by atoms with Gasteiger partial charge in [-0.3, -0.25) is 9.69 Å². The van der Waals surface area contributed by atoms with Crippen LogP contribution in [-0.2, 0) is 10.3 Å². The van der Waals surface area contributed by atoms with Gasteiger partial charge in [0.15, 0.2) is 0 Å². The second kappa shape index (κ2) is 6.24. The number of likely N-dealkylation sites (tertiary alicyclic amines) is 1. The Bertz CT molecular complexity index is 566. The van der Waals surface area contributed by atoms with Crippen LogP contribution < -0.4 is 5.32 Å². The molecule has 1 aromatic heterocycles. The first-order valence-corrected chi connectivity index (χ1v) is 8.32. The second-order valence-corrected chi connectivity index (χ2v) is 8.08. The number of nitrogens with one attached hydrogen (secondary N) is 1. The highest BCUT2D eigenvalue weighted by molar-refractivity contribution is 5.91. The van der Waals surface area contributed by atoms with Gasteiger partial charge in [0.2, 0.25) is 5.91 Å². The molecular weight excluding hydrogens is 292 g/mol. The molecule has 130 valence electrons. The smallest absolute Gasteiger partial charge is 0.239 e. The van der Waals surface area contributed by atoms with Crippen LogP contribution in [0.1, 0.15) is 53.2 Å². The normalized spacial score (nSPS) is 20.0. The van der Waals surface area contributed by atoms with E-state index >= 15 is 0 Å². The quantitative estimate of drug-likeness (QED) is 0.891. The Hall–Kier alpha value is -1.40. The third-order valence-corrected chi connectivity index (χ3v) is 4.26. The molecule has 23 heavy (non-hydrogen) atoms. The first kappa shape index (κ1) is 17.9. The summed E-state index contributed by atoms with van der Waals surface area (Å²) >= 11 is 0. The molecule has 1 aromatic rings. The summed E-state index contributed by atoms with van der Waals surface area (Å²) in [4.78, 5) is 14.5. The molecular formula is C17H30N4O2. The van der Waals surface area contributed by atoms with Crippen LogP contribution in [0.25, 0.3) is 0 Å². The van der Waals surface area contributed by atoms with E-state index in [1.165, 1.54) is 0 Å². The van der Waals surface area contributed by atoms with Crippen molar-refractivity contribution < 1.29 is 9.90 Å². The zero-order chi connectivity index (χ0) is 17.4. The number of aryl methyl sites for hydroxylation is 1. The topological polar surface area (TPSA) is 70.4 Å². The number of aromatic nitrogens is 2. The van der Waals surface area contributed by atoms with Crippen LogP contribution in [0.2, 0.25) is 0 Å². The number of hydrogen-bond donors (Lipinski definition) is 2. The number of anilines is 1. The van der Waals surface area contributed by atoms with Crippen LogP contribution in [-0.4, -0.2) is 50.4 Å². The molecule has 1 amide bonds. The molecule has 0 saturated carbocycles. The van der Waals surface area contributed by atoms with Gasteiger partial charge in [-0.15, -0.1) is 0 Å². The van der Waals surface area contributed by atoms with Crippen LogP contribution in [0.15, 0.2) is 6.07 Å². The Balaban J connectivity index is 2.06. The Morgan fingerprint density at radius 1 is 1.39 bits per heavy atom. The lowest BCUT2D eigenvalue weighted by atomic mass is 9.97. The SMILES string of the molecule is Cc1cc(NC(=O)CN2CCCC2C(C)(C)O)n(C(C)(C)C)n1. The predicted molar refractivity (Wildman–Crippen MR) is 91.5 cm³/mol. The molecule has 6 nitrogen and oxygen atoms in total. The Morgan fingerprint density at radius 2 is 2.04 bits per heavy atom. The number of rotatable bonds is 4. The van der Waals surface area contributed by atoms with Crippen molar-refractivity contribution >= 4 is 11.7 Å². The largest absolute Gasteiger partial charge is 0.389 e. The zero-order valence-electron chi connectivity index (χ0n) is 15.2. The molecule has 2 rings (SSSR count). The Morgan fingerprint density at radius 3 is 2.61 bits per heavy atom. The molecule has 1 saturated heterocycles. The van der Waals surface area contributed by atoms with Gasteiger partial charge in [0.25, 0.3) is 0 Å². The molecule has 0 aliphatic carbocycles. The number of aliphatic hydroxyl groups is 1. The second-order valence-electron chi connectivity index (χ2n) is 8.08. The molecule has 6 heteroatoms. The van der Waals surface area contributed by atoms with Crippen molar-refractivity contribution in [3.63, 3.8) is 0 Å². The van der Waals surface area contributed by atoms with Crippen LogP contribution >= 0.6 is 0 Å². The highest BCUT2D eigenvalue weighted by Crippen LogP contribution is 2.27. The summed E-state index contributed by atoms with van der Waals surface area (Å²) < 4.78 is 1.84. The van der Waals surface area contributed by atoms with Gasteiger partial charge in [0.1, 0.15) is 5.82 Å². The van der Waals surface area contributed by atoms with Crippen LogP contribution in [0, 0.1) is 6.92 Å². The van der Waals surface area contributed by atoms with Gasteiger partial charge < -0.3 is 10.4 Å². The standard InChI is InChI=1S/C17H30N4O2/c1-12-10-14(21(19-12)16(2,3)4)18-15(22)11-20-9-7-8-13(20)17(5,6)23/h10,13,23H,7-9,11H2,1-6H3,(H,18,22). The van der Waals surface area contributed by atoms with Gasteiger partial charge in [0, 0.05) is 12.1 Å². The lowest BCUT2D eigenvalue weighted by Crippen LogP contribution is -2.48. The lowest BCUT2D eigenvalue weighted by molar-refractivity contribution is -0.118. The fraction of sp³-hybridized carbons (Fsp3) is 0.765. The molecule has 1 unspecified atom stereocenters. The fourth-order valence-corrected chi connectivity index (χ4v) is 3.28. The molecule has 1 aliphatic heterocycles. The van der Waals surface area contributed by atoms with Gasteiger partial charge in [-0.05, 0) is 60.9 Å². The van der Waals surface area contributed by atoms with Gasteiger partial charge >= 0.3 is 0 Å². The minimum Gasteiger partial charge on any atom is -0.389 e. The maximum absolute atomic E-state index is 12.5. The summed E-state index contributed by atoms with van der Waals surface area (Å²) in [5, 5.41) is 17.7. The van der Waals surface area contributed by atoms with Crippen molar-refractivity contribution in [1.82, 2.24) is 14.7 Å². The summed E-state index contributed by atoms with van der Waals surface area (Å²) in [6.45, 7) is 12.9. The minimum absolute atomic E-state index is 0.0301. The van der Waals surface area contributed by atoms with E-state index in [2.05, 4.69) is 36.1 Å². The van der Waals surface area contributed by atoms with Crippen molar-refractivity contribution in [2.45, 2.75) is 71.6 Å². The third-order valence-electron chi connectivity index (χ3n) is 4.26. The van der Waals surface area contributed by atoms with Crippen LogP contribution in [0.5, 0.6) is 0 Å². The van der Waals surface area contributed by atoms with Gasteiger partial charge in [-0.1, -0.05) is 0 Å². The van der Waals surface area contributed by atoms with Crippen molar-refractivity contribution in [1.29, 1.82) is 0 Å². The monoisotopic (exact) mass is 322 g/mol. The van der Waals surface area contributed by atoms with E-state index < -0.39 is 5.60 Å². The average Bonchev–Trinajstić information content (AvgIpc) is 2.94. The van der Waals surface area contributed by atoms with E-state index in [1.54, 1.807) is 0 Å². The number of hydrogen-bond acceptors (Lipinski definition) is 4. The molecule has 0 radical (unpaired) electrons. The molecule has 0 spiro atoms. The van der Waals surface area contributed by atoms with E-state index in [4.69, 9.17) is 0 Å². The maximum atomic E-state index is 12.5. The van der Waals surface area contributed by atoms with E-state index in [-0.39, 0.29) is 17.5 Å². The van der Waals surface area contributed by atoms with Gasteiger partial charge in [0.05, 0.1) is 23.4 Å².